The summed E-state index contributed by atoms with van der Waals surface area (Å²) in [4.78, 5) is 27.0. The number of hydrogen-bond acceptors (Lipinski definition) is 5. The lowest BCUT2D eigenvalue weighted by Crippen LogP contribution is -2.39. The molecule has 0 aromatic carbocycles. The van der Waals surface area contributed by atoms with Crippen molar-refractivity contribution in [3.05, 3.63) is 45.2 Å². The molecule has 1 aliphatic heterocycles. The van der Waals surface area contributed by atoms with E-state index < -0.39 is 32.9 Å². The molecule has 0 bridgehead atoms. The van der Waals surface area contributed by atoms with Crippen LogP contribution in [0, 0.1) is 0 Å². The molecule has 7 nitrogen and oxygen atoms in total. The number of hydrogen-bond donors (Lipinski definition) is 3. The highest BCUT2D eigenvalue weighted by Crippen LogP contribution is 2.35. The van der Waals surface area contributed by atoms with E-state index in [1.807, 2.05) is 0 Å². The number of amides is 1. The van der Waals surface area contributed by atoms with Crippen LogP contribution in [0.3, 0.4) is 0 Å². The summed E-state index contributed by atoms with van der Waals surface area (Å²) in [6.45, 7) is 0. The molecule has 1 saturated carbocycles. The van der Waals surface area contributed by atoms with Crippen LogP contribution >= 0.6 is 0 Å². The number of aliphatic hydroxyl groups is 1. The molecule has 24 heavy (non-hydrogen) atoms. The Morgan fingerprint density at radius 2 is 1.96 bits per heavy atom. The van der Waals surface area contributed by atoms with Gasteiger partial charge in [0, 0.05) is 11.1 Å². The predicted molar refractivity (Wildman–Crippen MR) is 88.2 cm³/mol. The number of rotatable bonds is 3. The minimum atomic E-state index is -3.28. The average Bonchev–Trinajstić information content (AvgIpc) is 2.86. The smallest absolute Gasteiger partial charge is 0.261 e. The molecule has 3 rings (SSSR count). The van der Waals surface area contributed by atoms with Gasteiger partial charge in [0.25, 0.3) is 11.5 Å². The van der Waals surface area contributed by atoms with Crippen LogP contribution in [-0.2, 0) is 15.4 Å². The van der Waals surface area contributed by atoms with E-state index in [-0.39, 0.29) is 11.3 Å². The van der Waals surface area contributed by atoms with Crippen molar-refractivity contribution in [2.75, 3.05) is 5.75 Å². The highest BCUT2D eigenvalue weighted by Gasteiger charge is 2.32. The number of nitrogens with one attached hydrogen (secondary N) is 2. The molecular weight excluding hydrogens is 332 g/mol. The molecule has 1 amide bonds. The summed E-state index contributed by atoms with van der Waals surface area (Å²) in [5.74, 6) is -0.834. The van der Waals surface area contributed by atoms with Crippen LogP contribution < -0.4 is 10.9 Å². The summed E-state index contributed by atoms with van der Waals surface area (Å²) >= 11 is 0. The van der Waals surface area contributed by atoms with Crippen molar-refractivity contribution in [3.63, 3.8) is 0 Å². The van der Waals surface area contributed by atoms with Gasteiger partial charge in [0.05, 0.1) is 11.8 Å². The van der Waals surface area contributed by atoms with Gasteiger partial charge in [0.15, 0.2) is 9.84 Å². The topological polar surface area (TPSA) is 116 Å². The van der Waals surface area contributed by atoms with Gasteiger partial charge in [-0.15, -0.1) is 0 Å². The van der Waals surface area contributed by atoms with Gasteiger partial charge in [0.1, 0.15) is 11.2 Å². The number of carbonyl (C=O) groups is 1. The first-order valence-corrected chi connectivity index (χ1v) is 9.69. The van der Waals surface area contributed by atoms with Crippen molar-refractivity contribution in [1.82, 2.24) is 10.3 Å². The van der Waals surface area contributed by atoms with Crippen LogP contribution in [0.15, 0.2) is 28.4 Å². The SMILES string of the molecule is O=C(N[C@@H]1C=CS(=O)(=O)C1)c1ccc(C2(O)CCCCC2)[nH]c1=O. The average molecular weight is 352 g/mol. The lowest BCUT2D eigenvalue weighted by atomic mass is 9.82. The molecule has 0 saturated heterocycles. The molecule has 1 aliphatic carbocycles. The standard InChI is InChI=1S/C16H20N2O5S/c19-14(17-11-6-9-24(22,23)10-11)12-4-5-13(18-15(12)20)16(21)7-2-1-3-8-16/h4-6,9,11,21H,1-3,7-8,10H2,(H,17,19)(H,18,20)/t11-/m1/s1. The van der Waals surface area contributed by atoms with E-state index in [2.05, 4.69) is 10.3 Å². The third-order valence-electron chi connectivity index (χ3n) is 4.58. The normalized spacial score (nSPS) is 24.6. The fourth-order valence-electron chi connectivity index (χ4n) is 3.24. The third-order valence-corrected chi connectivity index (χ3v) is 5.98. The second kappa shape index (κ2) is 6.18. The summed E-state index contributed by atoms with van der Waals surface area (Å²) in [6, 6.07) is 2.30. The van der Waals surface area contributed by atoms with E-state index in [9.17, 15) is 23.1 Å². The first-order valence-electron chi connectivity index (χ1n) is 7.97. The van der Waals surface area contributed by atoms with Gasteiger partial charge >= 0.3 is 0 Å². The van der Waals surface area contributed by atoms with Crippen LogP contribution in [0.5, 0.6) is 0 Å². The number of carbonyl (C=O) groups excluding carboxylic acids is 1. The van der Waals surface area contributed by atoms with E-state index >= 15 is 0 Å². The maximum absolute atomic E-state index is 12.2. The van der Waals surface area contributed by atoms with Crippen molar-refractivity contribution in [1.29, 1.82) is 0 Å². The van der Waals surface area contributed by atoms with Gasteiger partial charge in [0.2, 0.25) is 0 Å². The summed E-state index contributed by atoms with van der Waals surface area (Å²) in [7, 11) is -3.28. The van der Waals surface area contributed by atoms with Crippen LogP contribution in [0.4, 0.5) is 0 Å². The van der Waals surface area contributed by atoms with Crippen molar-refractivity contribution in [3.8, 4) is 0 Å². The summed E-state index contributed by atoms with van der Waals surface area (Å²) < 4.78 is 22.7. The Hall–Kier alpha value is -1.93. The number of H-pyrrole nitrogens is 1. The van der Waals surface area contributed by atoms with Crippen LogP contribution in [-0.4, -0.2) is 36.2 Å². The highest BCUT2D eigenvalue weighted by molar-refractivity contribution is 7.94. The summed E-state index contributed by atoms with van der Waals surface area (Å²) in [5, 5.41) is 14.2. The minimum absolute atomic E-state index is 0.101. The van der Waals surface area contributed by atoms with Gasteiger partial charge in [-0.3, -0.25) is 9.59 Å². The molecule has 2 aliphatic rings. The molecule has 1 atom stereocenters. The molecule has 0 unspecified atom stereocenters. The minimum Gasteiger partial charge on any atom is -0.384 e. The zero-order valence-corrected chi connectivity index (χ0v) is 13.9. The fourth-order valence-corrected chi connectivity index (χ4v) is 4.48. The molecule has 1 aromatic rings. The molecule has 0 spiro atoms. The monoisotopic (exact) mass is 352 g/mol. The van der Waals surface area contributed by atoms with E-state index in [4.69, 9.17) is 0 Å². The summed E-state index contributed by atoms with van der Waals surface area (Å²) in [5.41, 5.74) is -1.31. The molecule has 1 aromatic heterocycles. The Kier molecular flexibility index (Phi) is 4.35. The maximum Gasteiger partial charge on any atom is 0.261 e. The largest absolute Gasteiger partial charge is 0.384 e. The van der Waals surface area contributed by atoms with Crippen molar-refractivity contribution >= 4 is 15.7 Å². The number of aromatic nitrogens is 1. The second-order valence-corrected chi connectivity index (χ2v) is 8.38. The predicted octanol–water partition coefficient (Wildman–Crippen LogP) is 0.567. The Labute approximate surface area is 139 Å². The molecule has 3 N–H and O–H groups in total. The van der Waals surface area contributed by atoms with Crippen molar-refractivity contribution in [2.45, 2.75) is 43.7 Å². The van der Waals surface area contributed by atoms with Crippen LogP contribution in [0.2, 0.25) is 0 Å². The Morgan fingerprint density at radius 1 is 1.25 bits per heavy atom. The second-order valence-electron chi connectivity index (χ2n) is 6.45. The lowest BCUT2D eigenvalue weighted by molar-refractivity contribution is -0.00485. The molecule has 130 valence electrons. The summed E-state index contributed by atoms with van der Waals surface area (Å²) in [6.07, 6.45) is 5.40. The zero-order valence-electron chi connectivity index (χ0n) is 13.1. The van der Waals surface area contributed by atoms with Crippen molar-refractivity contribution in [2.24, 2.45) is 0 Å². The third kappa shape index (κ3) is 3.44. The first-order chi connectivity index (χ1) is 11.3. The van der Waals surface area contributed by atoms with E-state index in [0.717, 1.165) is 24.7 Å². The van der Waals surface area contributed by atoms with Gasteiger partial charge in [-0.25, -0.2) is 8.42 Å². The number of sulfone groups is 1. The van der Waals surface area contributed by atoms with Crippen LogP contribution in [0.1, 0.15) is 48.2 Å². The Bertz CT molecular complexity index is 834. The highest BCUT2D eigenvalue weighted by atomic mass is 32.2. The molecule has 0 radical (unpaired) electrons. The van der Waals surface area contributed by atoms with Gasteiger partial charge < -0.3 is 15.4 Å². The molecule has 2 heterocycles. The van der Waals surface area contributed by atoms with Crippen molar-refractivity contribution < 1.29 is 18.3 Å². The Balaban J connectivity index is 1.76. The fraction of sp³-hybridized carbons (Fsp3) is 0.500. The van der Waals surface area contributed by atoms with Gasteiger partial charge in [-0.05, 0) is 31.1 Å². The zero-order chi connectivity index (χ0) is 17.4. The van der Waals surface area contributed by atoms with E-state index in [1.165, 1.54) is 12.1 Å². The maximum atomic E-state index is 12.2. The lowest BCUT2D eigenvalue weighted by Gasteiger charge is -2.31. The number of pyridine rings is 1. The number of aromatic amines is 1. The van der Waals surface area contributed by atoms with Gasteiger partial charge in [-0.2, -0.15) is 0 Å². The quantitative estimate of drug-likeness (QED) is 0.735. The first kappa shape index (κ1) is 16.9. The molecular formula is C16H20N2O5S. The molecule has 8 heteroatoms. The van der Waals surface area contributed by atoms with E-state index in [0.29, 0.717) is 18.5 Å². The van der Waals surface area contributed by atoms with Crippen LogP contribution in [0.25, 0.3) is 0 Å². The Morgan fingerprint density at radius 3 is 2.54 bits per heavy atom. The van der Waals surface area contributed by atoms with Gasteiger partial charge in [-0.1, -0.05) is 19.3 Å². The van der Waals surface area contributed by atoms with E-state index in [1.54, 1.807) is 6.07 Å². The molecule has 1 fully saturated rings.